The summed E-state index contributed by atoms with van der Waals surface area (Å²) in [7, 11) is 1.46. The van der Waals surface area contributed by atoms with Gasteiger partial charge in [0.1, 0.15) is 0 Å². The number of methoxy groups -OCH3 is 1. The maximum Gasteiger partial charge on any atom is 0.165 e. The Morgan fingerprint density at radius 3 is 2.81 bits per heavy atom. The van der Waals surface area contributed by atoms with Gasteiger partial charge in [-0.25, -0.2) is 4.39 Å². The molecule has 0 aliphatic rings. The standard InChI is InChI=1S/C12H13FN2O/c1-8-10(7-14-15-8)5-9-3-4-12(16-2)11(13)6-9/h3-4,6-7H,5H2,1-2H3,(H,14,15). The summed E-state index contributed by atoms with van der Waals surface area (Å²) in [4.78, 5) is 0. The Morgan fingerprint density at radius 1 is 1.44 bits per heavy atom. The molecule has 0 saturated carbocycles. The molecule has 1 heterocycles. The third-order valence-electron chi connectivity index (χ3n) is 2.55. The molecular formula is C12H13FN2O. The van der Waals surface area contributed by atoms with Gasteiger partial charge in [0.25, 0.3) is 0 Å². The summed E-state index contributed by atoms with van der Waals surface area (Å²) >= 11 is 0. The molecule has 84 valence electrons. The first-order valence-electron chi connectivity index (χ1n) is 5.02. The van der Waals surface area contributed by atoms with Gasteiger partial charge in [0.15, 0.2) is 11.6 Å². The zero-order valence-corrected chi connectivity index (χ0v) is 9.25. The fourth-order valence-corrected chi connectivity index (χ4v) is 1.59. The number of hydrogen-bond acceptors (Lipinski definition) is 2. The smallest absolute Gasteiger partial charge is 0.165 e. The molecular weight excluding hydrogens is 207 g/mol. The fraction of sp³-hybridized carbons (Fsp3) is 0.250. The highest BCUT2D eigenvalue weighted by Gasteiger charge is 2.06. The number of aromatic amines is 1. The largest absolute Gasteiger partial charge is 0.494 e. The minimum atomic E-state index is -0.332. The van der Waals surface area contributed by atoms with E-state index in [1.54, 1.807) is 12.3 Å². The summed E-state index contributed by atoms with van der Waals surface area (Å²) in [5.41, 5.74) is 2.99. The van der Waals surface area contributed by atoms with Crippen LogP contribution in [0.5, 0.6) is 5.75 Å². The molecule has 16 heavy (non-hydrogen) atoms. The average Bonchev–Trinajstić information content (AvgIpc) is 2.65. The highest BCUT2D eigenvalue weighted by molar-refractivity contribution is 5.33. The zero-order chi connectivity index (χ0) is 11.5. The number of aromatic nitrogens is 2. The van der Waals surface area contributed by atoms with E-state index in [-0.39, 0.29) is 11.6 Å². The summed E-state index contributed by atoms with van der Waals surface area (Å²) < 4.78 is 18.3. The Kier molecular flexibility index (Phi) is 2.90. The van der Waals surface area contributed by atoms with Crippen LogP contribution in [0.15, 0.2) is 24.4 Å². The highest BCUT2D eigenvalue weighted by Crippen LogP contribution is 2.20. The van der Waals surface area contributed by atoms with E-state index in [1.165, 1.54) is 13.2 Å². The molecule has 0 fully saturated rings. The molecule has 0 aliphatic carbocycles. The Morgan fingerprint density at radius 2 is 2.25 bits per heavy atom. The predicted molar refractivity (Wildman–Crippen MR) is 59.1 cm³/mol. The number of nitrogens with zero attached hydrogens (tertiary/aromatic N) is 1. The lowest BCUT2D eigenvalue weighted by Crippen LogP contribution is -1.93. The van der Waals surface area contributed by atoms with Crippen LogP contribution in [0.25, 0.3) is 0 Å². The van der Waals surface area contributed by atoms with Crippen LogP contribution >= 0.6 is 0 Å². The second-order valence-corrected chi connectivity index (χ2v) is 3.67. The number of nitrogens with one attached hydrogen (secondary N) is 1. The van der Waals surface area contributed by atoms with Gasteiger partial charge >= 0.3 is 0 Å². The molecule has 0 radical (unpaired) electrons. The predicted octanol–water partition coefficient (Wildman–Crippen LogP) is 2.46. The van der Waals surface area contributed by atoms with Crippen molar-refractivity contribution in [2.24, 2.45) is 0 Å². The van der Waals surface area contributed by atoms with Crippen LogP contribution in [0.1, 0.15) is 16.8 Å². The van der Waals surface area contributed by atoms with E-state index in [0.29, 0.717) is 6.42 Å². The maximum atomic E-state index is 13.4. The summed E-state index contributed by atoms with van der Waals surface area (Å²) in [5.74, 6) is -0.0613. The van der Waals surface area contributed by atoms with Gasteiger partial charge in [0, 0.05) is 12.1 Å². The summed E-state index contributed by atoms with van der Waals surface area (Å²) in [5, 5.41) is 6.79. The molecule has 0 saturated heterocycles. The number of aryl methyl sites for hydroxylation is 1. The first-order valence-corrected chi connectivity index (χ1v) is 5.02. The zero-order valence-electron chi connectivity index (χ0n) is 9.25. The van der Waals surface area contributed by atoms with E-state index < -0.39 is 0 Å². The number of hydrogen-bond donors (Lipinski definition) is 1. The van der Waals surface area contributed by atoms with Gasteiger partial charge in [0.05, 0.1) is 13.3 Å². The first kappa shape index (κ1) is 10.7. The van der Waals surface area contributed by atoms with Crippen LogP contribution in [0.3, 0.4) is 0 Å². The average molecular weight is 220 g/mol. The van der Waals surface area contributed by atoms with Crippen molar-refractivity contribution < 1.29 is 9.13 Å². The normalized spacial score (nSPS) is 10.4. The van der Waals surface area contributed by atoms with Crippen molar-refractivity contribution in [3.63, 3.8) is 0 Å². The van der Waals surface area contributed by atoms with Gasteiger partial charge in [-0.15, -0.1) is 0 Å². The summed E-state index contributed by atoms with van der Waals surface area (Å²) in [6.07, 6.45) is 2.43. The second-order valence-electron chi connectivity index (χ2n) is 3.67. The Hall–Kier alpha value is -1.84. The van der Waals surface area contributed by atoms with E-state index in [2.05, 4.69) is 10.2 Å². The molecule has 0 amide bonds. The molecule has 0 atom stereocenters. The first-order chi connectivity index (χ1) is 7.70. The van der Waals surface area contributed by atoms with Gasteiger partial charge in [-0.2, -0.15) is 5.10 Å². The van der Waals surface area contributed by atoms with Crippen LogP contribution < -0.4 is 4.74 Å². The molecule has 1 N–H and O–H groups in total. The van der Waals surface area contributed by atoms with Crippen LogP contribution in [-0.4, -0.2) is 17.3 Å². The monoisotopic (exact) mass is 220 g/mol. The molecule has 0 unspecified atom stereocenters. The summed E-state index contributed by atoms with van der Waals surface area (Å²) in [6.45, 7) is 1.95. The van der Waals surface area contributed by atoms with Gasteiger partial charge in [-0.1, -0.05) is 6.07 Å². The van der Waals surface area contributed by atoms with E-state index in [4.69, 9.17) is 4.74 Å². The SMILES string of the molecule is COc1ccc(Cc2cn[nH]c2C)cc1F. The summed E-state index contributed by atoms with van der Waals surface area (Å²) in [6, 6.07) is 4.99. The number of benzene rings is 1. The van der Waals surface area contributed by atoms with E-state index in [1.807, 2.05) is 13.0 Å². The number of H-pyrrole nitrogens is 1. The Bertz CT molecular complexity index is 494. The van der Waals surface area contributed by atoms with Crippen molar-refractivity contribution in [1.82, 2.24) is 10.2 Å². The van der Waals surface area contributed by atoms with Gasteiger partial charge in [0.2, 0.25) is 0 Å². The van der Waals surface area contributed by atoms with Gasteiger partial charge < -0.3 is 4.74 Å². The van der Waals surface area contributed by atoms with Crippen LogP contribution in [-0.2, 0) is 6.42 Å². The van der Waals surface area contributed by atoms with Crippen molar-refractivity contribution in [3.8, 4) is 5.75 Å². The lowest BCUT2D eigenvalue weighted by Gasteiger charge is -2.04. The maximum absolute atomic E-state index is 13.4. The number of ether oxygens (including phenoxy) is 1. The van der Waals surface area contributed by atoms with E-state index >= 15 is 0 Å². The minimum Gasteiger partial charge on any atom is -0.494 e. The van der Waals surface area contributed by atoms with E-state index in [0.717, 1.165) is 16.8 Å². The minimum absolute atomic E-state index is 0.271. The number of halogens is 1. The molecule has 2 rings (SSSR count). The third-order valence-corrected chi connectivity index (χ3v) is 2.55. The quantitative estimate of drug-likeness (QED) is 0.862. The topological polar surface area (TPSA) is 37.9 Å². The van der Waals surface area contributed by atoms with Crippen LogP contribution in [0, 0.1) is 12.7 Å². The van der Waals surface area contributed by atoms with Crippen molar-refractivity contribution in [3.05, 3.63) is 47.0 Å². The molecule has 4 heteroatoms. The van der Waals surface area contributed by atoms with Crippen LogP contribution in [0.2, 0.25) is 0 Å². The van der Waals surface area contributed by atoms with Gasteiger partial charge in [-0.05, 0) is 30.2 Å². The molecule has 3 nitrogen and oxygen atoms in total. The Labute approximate surface area is 93.3 Å². The van der Waals surface area contributed by atoms with E-state index in [9.17, 15) is 4.39 Å². The molecule has 2 aromatic rings. The molecule has 1 aromatic carbocycles. The third kappa shape index (κ3) is 2.05. The van der Waals surface area contributed by atoms with Crippen molar-refractivity contribution in [2.75, 3.05) is 7.11 Å². The molecule has 0 spiro atoms. The second kappa shape index (κ2) is 4.35. The lowest BCUT2D eigenvalue weighted by molar-refractivity contribution is 0.386. The van der Waals surface area contributed by atoms with Crippen molar-refractivity contribution in [1.29, 1.82) is 0 Å². The highest BCUT2D eigenvalue weighted by atomic mass is 19.1. The lowest BCUT2D eigenvalue weighted by atomic mass is 10.1. The molecule has 0 bridgehead atoms. The number of rotatable bonds is 3. The van der Waals surface area contributed by atoms with Crippen LogP contribution in [0.4, 0.5) is 4.39 Å². The van der Waals surface area contributed by atoms with Crippen molar-refractivity contribution in [2.45, 2.75) is 13.3 Å². The molecule has 0 aliphatic heterocycles. The molecule has 1 aromatic heterocycles. The Balaban J connectivity index is 2.23. The van der Waals surface area contributed by atoms with Gasteiger partial charge in [-0.3, -0.25) is 5.10 Å². The van der Waals surface area contributed by atoms with Crippen molar-refractivity contribution >= 4 is 0 Å². The fourth-order valence-electron chi connectivity index (χ4n) is 1.59.